The van der Waals surface area contributed by atoms with Crippen molar-refractivity contribution < 1.29 is 14.3 Å². The lowest BCUT2D eigenvalue weighted by Crippen LogP contribution is -2.48. The average Bonchev–Trinajstić information content (AvgIpc) is 3.43. The Bertz CT molecular complexity index is 870. The van der Waals surface area contributed by atoms with Gasteiger partial charge in [-0.3, -0.25) is 9.78 Å². The number of nitrogens with one attached hydrogen (secondary N) is 1. The Kier molecular flexibility index (Phi) is 5.00. The molecule has 8 heteroatoms. The molecule has 2 heterocycles. The van der Waals surface area contributed by atoms with Crippen LogP contribution in [0.1, 0.15) is 35.1 Å². The summed E-state index contributed by atoms with van der Waals surface area (Å²) in [5, 5.41) is 12.5. The Labute approximate surface area is 155 Å². The number of rotatable bonds is 6. The normalized spacial score (nSPS) is 15.6. The molecule has 0 spiro atoms. The molecule has 2 aromatic rings. The van der Waals surface area contributed by atoms with Gasteiger partial charge in [-0.25, -0.2) is 9.78 Å². The molecule has 7 nitrogen and oxygen atoms in total. The first-order chi connectivity index (χ1) is 12.4. The number of carbonyl (C=O) groups excluding carboxylic acids is 2. The fourth-order valence-electron chi connectivity index (χ4n) is 2.59. The van der Waals surface area contributed by atoms with Gasteiger partial charge in [-0.1, -0.05) is 6.07 Å². The van der Waals surface area contributed by atoms with E-state index in [1.807, 2.05) is 6.07 Å². The second kappa shape index (κ2) is 7.22. The number of thiazole rings is 1. The third kappa shape index (κ3) is 3.89. The van der Waals surface area contributed by atoms with Gasteiger partial charge in [0.25, 0.3) is 5.91 Å². The van der Waals surface area contributed by atoms with Gasteiger partial charge in [0.1, 0.15) is 15.4 Å². The third-order valence-electron chi connectivity index (χ3n) is 4.23. The number of amides is 1. The van der Waals surface area contributed by atoms with E-state index in [0.29, 0.717) is 21.3 Å². The molecule has 1 saturated carbocycles. The van der Waals surface area contributed by atoms with Crippen molar-refractivity contribution in [3.05, 3.63) is 35.0 Å². The van der Waals surface area contributed by atoms with Gasteiger partial charge in [0.2, 0.25) is 0 Å². The van der Waals surface area contributed by atoms with Crippen molar-refractivity contribution in [3.63, 3.8) is 0 Å². The van der Waals surface area contributed by atoms with Gasteiger partial charge in [-0.15, -0.1) is 11.3 Å². The molecule has 2 aromatic heterocycles. The largest absolute Gasteiger partial charge is 0.451 e. The van der Waals surface area contributed by atoms with Crippen molar-refractivity contribution in [2.24, 2.45) is 5.92 Å². The van der Waals surface area contributed by atoms with Crippen LogP contribution in [0.2, 0.25) is 0 Å². The van der Waals surface area contributed by atoms with E-state index in [0.717, 1.165) is 12.8 Å². The molecular formula is C18H18N4O3S. The number of aromatic nitrogens is 2. The Morgan fingerprint density at radius 2 is 2.23 bits per heavy atom. The third-order valence-corrected chi connectivity index (χ3v) is 5.39. The van der Waals surface area contributed by atoms with Crippen molar-refractivity contribution in [2.75, 3.05) is 6.61 Å². The highest BCUT2D eigenvalue weighted by molar-refractivity contribution is 7.17. The molecule has 0 unspecified atom stereocenters. The fraction of sp³-hybridized carbons (Fsp3) is 0.389. The Morgan fingerprint density at radius 1 is 1.46 bits per heavy atom. The highest BCUT2D eigenvalue weighted by Gasteiger charge is 2.43. The van der Waals surface area contributed by atoms with Crippen LogP contribution in [0.3, 0.4) is 0 Å². The van der Waals surface area contributed by atoms with Crippen LogP contribution in [0.15, 0.2) is 24.4 Å². The van der Waals surface area contributed by atoms with E-state index < -0.39 is 24.0 Å². The molecule has 1 amide bonds. The van der Waals surface area contributed by atoms with Gasteiger partial charge in [-0.2, -0.15) is 5.26 Å². The quantitative estimate of drug-likeness (QED) is 0.783. The standard InChI is InChI=1S/C18H18N4O3S/c1-11-15(26-16(21-11)13-5-3-4-8-20-13)17(24)25-9-14(23)22-18(2,10-19)12-6-7-12/h3-5,8,12H,6-7,9H2,1-2H3,(H,22,23)/t18-/m1/s1. The summed E-state index contributed by atoms with van der Waals surface area (Å²) >= 11 is 1.17. The molecule has 0 aromatic carbocycles. The number of ether oxygens (including phenoxy) is 1. The SMILES string of the molecule is Cc1nc(-c2ccccn2)sc1C(=O)OCC(=O)N[C@](C)(C#N)C1CC1. The highest BCUT2D eigenvalue weighted by Crippen LogP contribution is 2.39. The van der Waals surface area contributed by atoms with Gasteiger partial charge < -0.3 is 10.1 Å². The summed E-state index contributed by atoms with van der Waals surface area (Å²) in [6, 6.07) is 7.58. The van der Waals surface area contributed by atoms with Gasteiger partial charge in [0.05, 0.1) is 17.5 Å². The first-order valence-corrected chi connectivity index (χ1v) is 9.03. The number of carbonyl (C=O) groups is 2. The summed E-state index contributed by atoms with van der Waals surface area (Å²) in [5.74, 6) is -0.930. The predicted molar refractivity (Wildman–Crippen MR) is 95.2 cm³/mol. The summed E-state index contributed by atoms with van der Waals surface area (Å²) in [6.07, 6.45) is 3.49. The summed E-state index contributed by atoms with van der Waals surface area (Å²) in [7, 11) is 0. The minimum atomic E-state index is -0.907. The van der Waals surface area contributed by atoms with Crippen LogP contribution < -0.4 is 5.32 Å². The summed E-state index contributed by atoms with van der Waals surface area (Å²) < 4.78 is 5.10. The van der Waals surface area contributed by atoms with Crippen LogP contribution in [-0.4, -0.2) is 34.0 Å². The molecule has 0 bridgehead atoms. The summed E-state index contributed by atoms with van der Waals surface area (Å²) in [6.45, 7) is 2.97. The van der Waals surface area contributed by atoms with Crippen molar-refractivity contribution in [2.45, 2.75) is 32.2 Å². The van der Waals surface area contributed by atoms with E-state index in [1.54, 1.807) is 32.2 Å². The van der Waals surface area contributed by atoms with Gasteiger partial charge in [-0.05, 0) is 44.7 Å². The van der Waals surface area contributed by atoms with Crippen LogP contribution in [0.25, 0.3) is 10.7 Å². The lowest BCUT2D eigenvalue weighted by molar-refractivity contribution is -0.125. The summed E-state index contributed by atoms with van der Waals surface area (Å²) in [5.41, 5.74) is 0.295. The number of pyridine rings is 1. The van der Waals surface area contributed by atoms with Gasteiger partial charge in [0, 0.05) is 6.20 Å². The maximum atomic E-state index is 12.3. The molecule has 1 fully saturated rings. The first kappa shape index (κ1) is 18.0. The van der Waals surface area contributed by atoms with E-state index in [4.69, 9.17) is 4.74 Å². The molecule has 0 radical (unpaired) electrons. The molecule has 26 heavy (non-hydrogen) atoms. The molecule has 0 saturated heterocycles. The summed E-state index contributed by atoms with van der Waals surface area (Å²) in [4.78, 5) is 33.2. The van der Waals surface area contributed by atoms with Gasteiger partial charge in [0.15, 0.2) is 6.61 Å². The molecule has 1 aliphatic carbocycles. The number of nitrogens with zero attached hydrogens (tertiary/aromatic N) is 3. The molecule has 1 aliphatic rings. The molecule has 1 atom stereocenters. The van der Waals surface area contributed by atoms with E-state index in [-0.39, 0.29) is 5.92 Å². The Hall–Kier alpha value is -2.79. The smallest absolute Gasteiger partial charge is 0.350 e. The molecular weight excluding hydrogens is 352 g/mol. The molecule has 1 N–H and O–H groups in total. The second-order valence-corrected chi connectivity index (χ2v) is 7.36. The number of nitriles is 1. The van der Waals surface area contributed by atoms with E-state index in [1.165, 1.54) is 11.3 Å². The molecule has 134 valence electrons. The topological polar surface area (TPSA) is 105 Å². The maximum absolute atomic E-state index is 12.3. The number of aryl methyl sites for hydroxylation is 1. The lowest BCUT2D eigenvalue weighted by atomic mass is 9.98. The first-order valence-electron chi connectivity index (χ1n) is 8.21. The van der Waals surface area contributed by atoms with Crippen LogP contribution >= 0.6 is 11.3 Å². The predicted octanol–water partition coefficient (Wildman–Crippen LogP) is 2.48. The molecule has 3 rings (SSSR count). The van der Waals surface area contributed by atoms with Crippen LogP contribution in [-0.2, 0) is 9.53 Å². The lowest BCUT2D eigenvalue weighted by Gasteiger charge is -2.22. The van der Waals surface area contributed by atoms with Crippen molar-refractivity contribution in [1.82, 2.24) is 15.3 Å². The zero-order chi connectivity index (χ0) is 18.7. The minimum absolute atomic E-state index is 0.164. The highest BCUT2D eigenvalue weighted by atomic mass is 32.1. The Balaban J connectivity index is 1.61. The number of hydrogen-bond acceptors (Lipinski definition) is 7. The Morgan fingerprint density at radius 3 is 2.85 bits per heavy atom. The van der Waals surface area contributed by atoms with Crippen molar-refractivity contribution >= 4 is 23.2 Å². The van der Waals surface area contributed by atoms with Gasteiger partial charge >= 0.3 is 5.97 Å². The number of esters is 1. The van der Waals surface area contributed by atoms with Crippen LogP contribution in [0, 0.1) is 24.2 Å². The number of hydrogen-bond donors (Lipinski definition) is 1. The monoisotopic (exact) mass is 370 g/mol. The van der Waals surface area contributed by atoms with E-state index in [9.17, 15) is 14.9 Å². The van der Waals surface area contributed by atoms with Crippen molar-refractivity contribution in [3.8, 4) is 16.8 Å². The van der Waals surface area contributed by atoms with Crippen LogP contribution in [0.4, 0.5) is 0 Å². The van der Waals surface area contributed by atoms with E-state index in [2.05, 4.69) is 21.4 Å². The van der Waals surface area contributed by atoms with E-state index >= 15 is 0 Å². The average molecular weight is 370 g/mol. The second-order valence-electron chi connectivity index (χ2n) is 6.36. The molecule has 0 aliphatic heterocycles. The fourth-order valence-corrected chi connectivity index (χ4v) is 3.53. The zero-order valence-electron chi connectivity index (χ0n) is 14.5. The zero-order valence-corrected chi connectivity index (χ0v) is 15.3. The van der Waals surface area contributed by atoms with Crippen molar-refractivity contribution in [1.29, 1.82) is 5.26 Å². The minimum Gasteiger partial charge on any atom is -0.451 e. The maximum Gasteiger partial charge on any atom is 0.350 e. The van der Waals surface area contributed by atoms with Crippen LogP contribution in [0.5, 0.6) is 0 Å².